The maximum absolute atomic E-state index is 10.6. The summed E-state index contributed by atoms with van der Waals surface area (Å²) in [4.78, 5) is 10.6. The Morgan fingerprint density at radius 2 is 1.94 bits per heavy atom. The fraction of sp³-hybridized carbons (Fsp3) is 0.182. The number of carbonyl (C=O) groups is 1. The highest BCUT2D eigenvalue weighted by atomic mass is 79.9. The van der Waals surface area contributed by atoms with Gasteiger partial charge in [0.25, 0.3) is 0 Å². The van der Waals surface area contributed by atoms with Crippen LogP contribution in [0, 0.1) is 0 Å². The number of hydrogen-bond acceptors (Lipinski definition) is 3. The minimum atomic E-state index is -0.510. The van der Waals surface area contributed by atoms with Gasteiger partial charge >= 0.3 is 0 Å². The predicted molar refractivity (Wildman–Crippen MR) is 65.5 cm³/mol. The molecule has 1 aromatic carbocycles. The molecular weight excluding hydrogens is 274 g/mol. The fourth-order valence-corrected chi connectivity index (χ4v) is 1.67. The highest BCUT2D eigenvalue weighted by Crippen LogP contribution is 2.33. The molecule has 1 aromatic rings. The number of carbonyl (C=O) groups excluding carboxylic acids is 1. The highest BCUT2D eigenvalue weighted by molar-refractivity contribution is 9.10. The van der Waals surface area contributed by atoms with Crippen LogP contribution in [-0.2, 0) is 4.79 Å². The fourth-order valence-electron chi connectivity index (χ4n) is 1.19. The quantitative estimate of drug-likeness (QED) is 0.861. The Balaban J connectivity index is 3.19. The molecule has 0 spiro atoms. The molecular formula is C11H12BrNO3. The third-order valence-electron chi connectivity index (χ3n) is 1.93. The van der Waals surface area contributed by atoms with Gasteiger partial charge in [0.2, 0.25) is 5.91 Å². The van der Waals surface area contributed by atoms with Crippen LogP contribution in [0.3, 0.4) is 0 Å². The van der Waals surface area contributed by atoms with E-state index in [1.165, 1.54) is 6.08 Å². The Hall–Kier alpha value is -1.49. The van der Waals surface area contributed by atoms with Gasteiger partial charge in [-0.1, -0.05) is 0 Å². The van der Waals surface area contributed by atoms with Gasteiger partial charge in [0.1, 0.15) is 11.5 Å². The number of benzene rings is 1. The average molecular weight is 286 g/mol. The number of primary amides is 1. The maximum atomic E-state index is 10.6. The van der Waals surface area contributed by atoms with Gasteiger partial charge in [0, 0.05) is 11.6 Å². The van der Waals surface area contributed by atoms with Crippen molar-refractivity contribution >= 4 is 27.9 Å². The van der Waals surface area contributed by atoms with E-state index in [1.807, 2.05) is 0 Å². The van der Waals surface area contributed by atoms with E-state index in [0.717, 1.165) is 10.0 Å². The SMILES string of the molecule is COc1cc(C=CC(N)=O)c(OC)cc1Br. The van der Waals surface area contributed by atoms with Gasteiger partial charge in [0.05, 0.1) is 18.7 Å². The molecule has 0 aliphatic heterocycles. The van der Waals surface area contributed by atoms with Crippen LogP contribution in [0.5, 0.6) is 11.5 Å². The largest absolute Gasteiger partial charge is 0.496 e. The van der Waals surface area contributed by atoms with Crippen molar-refractivity contribution in [1.29, 1.82) is 0 Å². The standard InChI is InChI=1S/C11H12BrNO3/c1-15-9-6-8(12)10(16-2)5-7(9)3-4-11(13)14/h3-6H,1-2H3,(H2,13,14). The van der Waals surface area contributed by atoms with E-state index in [9.17, 15) is 4.79 Å². The second kappa shape index (κ2) is 5.55. The van der Waals surface area contributed by atoms with Crippen molar-refractivity contribution in [3.05, 3.63) is 28.2 Å². The molecule has 0 aromatic heterocycles. The lowest BCUT2D eigenvalue weighted by atomic mass is 10.1. The van der Waals surface area contributed by atoms with Crippen LogP contribution in [0.2, 0.25) is 0 Å². The molecule has 0 aliphatic carbocycles. The van der Waals surface area contributed by atoms with E-state index in [1.54, 1.807) is 32.4 Å². The molecule has 0 radical (unpaired) electrons. The van der Waals surface area contributed by atoms with E-state index in [2.05, 4.69) is 15.9 Å². The molecule has 0 heterocycles. The van der Waals surface area contributed by atoms with Crippen LogP contribution in [0.25, 0.3) is 6.08 Å². The first-order valence-electron chi connectivity index (χ1n) is 4.47. The molecule has 0 aliphatic rings. The zero-order valence-electron chi connectivity index (χ0n) is 8.99. The van der Waals surface area contributed by atoms with Crippen molar-refractivity contribution in [3.8, 4) is 11.5 Å². The van der Waals surface area contributed by atoms with E-state index >= 15 is 0 Å². The second-order valence-electron chi connectivity index (χ2n) is 2.96. The van der Waals surface area contributed by atoms with Gasteiger partial charge in [-0.25, -0.2) is 0 Å². The van der Waals surface area contributed by atoms with Crippen LogP contribution in [0.4, 0.5) is 0 Å². The summed E-state index contributed by atoms with van der Waals surface area (Å²) >= 11 is 3.34. The Kier molecular flexibility index (Phi) is 4.37. The normalized spacial score (nSPS) is 10.4. The van der Waals surface area contributed by atoms with Crippen molar-refractivity contribution in [1.82, 2.24) is 0 Å². The van der Waals surface area contributed by atoms with Crippen LogP contribution in [-0.4, -0.2) is 20.1 Å². The highest BCUT2D eigenvalue weighted by Gasteiger charge is 2.07. The number of halogens is 1. The lowest BCUT2D eigenvalue weighted by Gasteiger charge is -2.09. The van der Waals surface area contributed by atoms with E-state index in [-0.39, 0.29) is 0 Å². The number of methoxy groups -OCH3 is 2. The average Bonchev–Trinajstić information content (AvgIpc) is 2.26. The number of rotatable bonds is 4. The van der Waals surface area contributed by atoms with Gasteiger partial charge in [-0.3, -0.25) is 4.79 Å². The zero-order chi connectivity index (χ0) is 12.1. The van der Waals surface area contributed by atoms with Crippen LogP contribution >= 0.6 is 15.9 Å². The molecule has 86 valence electrons. The summed E-state index contributed by atoms with van der Waals surface area (Å²) in [6.45, 7) is 0. The van der Waals surface area contributed by atoms with E-state index in [4.69, 9.17) is 15.2 Å². The molecule has 16 heavy (non-hydrogen) atoms. The van der Waals surface area contributed by atoms with Gasteiger partial charge in [-0.2, -0.15) is 0 Å². The first-order chi connectivity index (χ1) is 7.58. The molecule has 4 nitrogen and oxygen atoms in total. The zero-order valence-corrected chi connectivity index (χ0v) is 10.6. The lowest BCUT2D eigenvalue weighted by molar-refractivity contribution is -0.113. The lowest BCUT2D eigenvalue weighted by Crippen LogP contribution is -2.05. The molecule has 0 saturated heterocycles. The maximum Gasteiger partial charge on any atom is 0.241 e. The number of amides is 1. The van der Waals surface area contributed by atoms with Crippen molar-refractivity contribution < 1.29 is 14.3 Å². The van der Waals surface area contributed by atoms with Crippen molar-refractivity contribution in [3.63, 3.8) is 0 Å². The predicted octanol–water partition coefficient (Wildman–Crippen LogP) is 1.96. The van der Waals surface area contributed by atoms with Crippen LogP contribution in [0.1, 0.15) is 5.56 Å². The first kappa shape index (κ1) is 12.6. The number of ether oxygens (including phenoxy) is 2. The van der Waals surface area contributed by atoms with Crippen molar-refractivity contribution in [2.45, 2.75) is 0 Å². The third kappa shape index (κ3) is 3.00. The summed E-state index contributed by atoms with van der Waals surface area (Å²) in [5, 5.41) is 0. The number of nitrogens with two attached hydrogens (primary N) is 1. The minimum absolute atomic E-state index is 0.510. The van der Waals surface area contributed by atoms with Gasteiger partial charge in [-0.15, -0.1) is 0 Å². The van der Waals surface area contributed by atoms with Crippen molar-refractivity contribution in [2.24, 2.45) is 5.73 Å². The summed E-state index contributed by atoms with van der Waals surface area (Å²) in [6, 6.07) is 3.52. The first-order valence-corrected chi connectivity index (χ1v) is 5.26. The topological polar surface area (TPSA) is 61.5 Å². The van der Waals surface area contributed by atoms with Crippen LogP contribution in [0.15, 0.2) is 22.7 Å². The molecule has 1 amide bonds. The van der Waals surface area contributed by atoms with E-state index in [0.29, 0.717) is 11.5 Å². The number of hydrogen-bond donors (Lipinski definition) is 1. The van der Waals surface area contributed by atoms with E-state index < -0.39 is 5.91 Å². The summed E-state index contributed by atoms with van der Waals surface area (Å²) in [6.07, 6.45) is 2.85. The Labute approximate surface area is 102 Å². The van der Waals surface area contributed by atoms with Gasteiger partial charge < -0.3 is 15.2 Å². The Morgan fingerprint density at radius 1 is 1.31 bits per heavy atom. The Morgan fingerprint density at radius 3 is 2.44 bits per heavy atom. The van der Waals surface area contributed by atoms with Gasteiger partial charge in [0.15, 0.2) is 0 Å². The molecule has 0 bridgehead atoms. The molecule has 0 fully saturated rings. The summed E-state index contributed by atoms with van der Waals surface area (Å²) in [5.41, 5.74) is 5.75. The second-order valence-corrected chi connectivity index (χ2v) is 3.82. The summed E-state index contributed by atoms with van der Waals surface area (Å²) < 4.78 is 11.1. The third-order valence-corrected chi connectivity index (χ3v) is 2.55. The van der Waals surface area contributed by atoms with Crippen molar-refractivity contribution in [2.75, 3.05) is 14.2 Å². The molecule has 5 heteroatoms. The Bertz CT molecular complexity index is 429. The molecule has 0 unspecified atom stereocenters. The molecule has 2 N–H and O–H groups in total. The molecule has 0 atom stereocenters. The summed E-state index contributed by atoms with van der Waals surface area (Å²) in [7, 11) is 3.12. The summed E-state index contributed by atoms with van der Waals surface area (Å²) in [5.74, 6) is 0.777. The molecule has 1 rings (SSSR count). The van der Waals surface area contributed by atoms with Gasteiger partial charge in [-0.05, 0) is 34.1 Å². The smallest absolute Gasteiger partial charge is 0.241 e. The van der Waals surface area contributed by atoms with Crippen LogP contribution < -0.4 is 15.2 Å². The molecule has 0 saturated carbocycles. The minimum Gasteiger partial charge on any atom is -0.496 e. The monoisotopic (exact) mass is 285 g/mol.